The quantitative estimate of drug-likeness (QED) is 0.451. The van der Waals surface area contributed by atoms with E-state index in [1.807, 2.05) is 6.26 Å². The zero-order valence-corrected chi connectivity index (χ0v) is 20.8. The van der Waals surface area contributed by atoms with Crippen LogP contribution in [0.15, 0.2) is 30.3 Å². The number of rotatable bonds is 11. The van der Waals surface area contributed by atoms with Crippen LogP contribution in [0.25, 0.3) is 0 Å². The number of benzene rings is 1. The Morgan fingerprint density at radius 1 is 1.12 bits per heavy atom. The minimum Gasteiger partial charge on any atom is -0.462 e. The molecule has 8 nitrogen and oxygen atoms in total. The Labute approximate surface area is 206 Å². The van der Waals surface area contributed by atoms with Gasteiger partial charge in [0.25, 0.3) is 11.8 Å². The lowest BCUT2D eigenvalue weighted by molar-refractivity contribution is -0.149. The van der Waals surface area contributed by atoms with Crippen molar-refractivity contribution in [3.8, 4) is 0 Å². The number of carbonyl (C=O) groups excluding carboxylic acids is 4. The molecule has 1 atom stereocenters. The molecule has 3 rings (SSSR count). The molecular formula is C24H28N2O6S2. The number of hydrogen-bond donors (Lipinski definition) is 2. The smallest absolute Gasteiger partial charge is 0.341 e. The lowest BCUT2D eigenvalue weighted by Gasteiger charge is -2.17. The Kier molecular flexibility index (Phi) is 9.52. The maximum absolute atomic E-state index is 12.6. The molecule has 1 aromatic carbocycles. The minimum atomic E-state index is -0.881. The fourth-order valence-corrected chi connectivity index (χ4v) is 5.39. The summed E-state index contributed by atoms with van der Waals surface area (Å²) in [6, 6.07) is 7.69. The highest BCUT2D eigenvalue weighted by atomic mass is 32.2. The van der Waals surface area contributed by atoms with E-state index in [1.54, 1.807) is 37.3 Å². The van der Waals surface area contributed by atoms with E-state index < -0.39 is 30.5 Å². The molecule has 10 heteroatoms. The van der Waals surface area contributed by atoms with Gasteiger partial charge >= 0.3 is 11.9 Å². The number of esters is 2. The van der Waals surface area contributed by atoms with Crippen LogP contribution >= 0.6 is 23.1 Å². The molecule has 182 valence electrons. The standard InChI is InChI=1S/C24H28N2O6S2/c1-3-31-24(30)20-16-10-7-11-18(16)34-22(20)26-19(27)14-32-23(29)17(12-13-33-2)25-21(28)15-8-5-4-6-9-15/h4-6,8-9,17H,3,7,10-14H2,1-2H3,(H,25,28)(H,26,27)/t17-/m0/s1. The Morgan fingerprint density at radius 3 is 2.59 bits per heavy atom. The normalized spacial score (nSPS) is 13.0. The highest BCUT2D eigenvalue weighted by Gasteiger charge is 2.29. The number of ether oxygens (including phenoxy) is 2. The maximum Gasteiger partial charge on any atom is 0.341 e. The van der Waals surface area contributed by atoms with E-state index in [2.05, 4.69) is 10.6 Å². The monoisotopic (exact) mass is 504 g/mol. The first-order chi connectivity index (χ1) is 16.4. The van der Waals surface area contributed by atoms with Gasteiger partial charge in [-0.05, 0) is 62.3 Å². The van der Waals surface area contributed by atoms with Crippen molar-refractivity contribution in [3.05, 3.63) is 51.9 Å². The summed E-state index contributed by atoms with van der Waals surface area (Å²) in [5, 5.41) is 5.80. The summed E-state index contributed by atoms with van der Waals surface area (Å²) >= 11 is 2.89. The van der Waals surface area contributed by atoms with E-state index >= 15 is 0 Å². The van der Waals surface area contributed by atoms with E-state index in [4.69, 9.17) is 9.47 Å². The van der Waals surface area contributed by atoms with Crippen LogP contribution < -0.4 is 10.6 Å². The van der Waals surface area contributed by atoms with E-state index in [0.717, 1.165) is 29.7 Å². The summed E-state index contributed by atoms with van der Waals surface area (Å²) in [7, 11) is 0. The third-order valence-electron chi connectivity index (χ3n) is 5.24. The highest BCUT2D eigenvalue weighted by Crippen LogP contribution is 2.39. The number of thiophene rings is 1. The molecule has 1 aliphatic rings. The Hall–Kier alpha value is -2.85. The molecular weight excluding hydrogens is 476 g/mol. The average Bonchev–Trinajstić information content (AvgIpc) is 3.41. The van der Waals surface area contributed by atoms with Crippen molar-refractivity contribution in [2.45, 2.75) is 38.6 Å². The number of carbonyl (C=O) groups is 4. The molecule has 0 spiro atoms. The van der Waals surface area contributed by atoms with Crippen LogP contribution in [-0.2, 0) is 31.9 Å². The Bertz CT molecular complexity index is 1040. The Morgan fingerprint density at radius 2 is 1.88 bits per heavy atom. The molecule has 2 amide bonds. The second kappa shape index (κ2) is 12.6. The van der Waals surface area contributed by atoms with Gasteiger partial charge in [-0.15, -0.1) is 11.3 Å². The molecule has 0 fully saturated rings. The summed E-state index contributed by atoms with van der Waals surface area (Å²) in [6.45, 7) is 1.44. The zero-order valence-electron chi connectivity index (χ0n) is 19.2. The first-order valence-corrected chi connectivity index (χ1v) is 13.3. The third-order valence-corrected chi connectivity index (χ3v) is 7.09. The molecule has 0 unspecified atom stereocenters. The number of amides is 2. The topological polar surface area (TPSA) is 111 Å². The van der Waals surface area contributed by atoms with E-state index in [0.29, 0.717) is 28.3 Å². The molecule has 0 saturated carbocycles. The molecule has 2 N–H and O–H groups in total. The number of aryl methyl sites for hydroxylation is 1. The number of fused-ring (bicyclic) bond motifs is 1. The van der Waals surface area contributed by atoms with Gasteiger partial charge in [0, 0.05) is 10.4 Å². The van der Waals surface area contributed by atoms with Crippen molar-refractivity contribution < 1.29 is 28.7 Å². The average molecular weight is 505 g/mol. The van der Waals surface area contributed by atoms with Gasteiger partial charge in [0.2, 0.25) is 0 Å². The molecule has 1 heterocycles. The van der Waals surface area contributed by atoms with Gasteiger partial charge in [0.15, 0.2) is 6.61 Å². The highest BCUT2D eigenvalue weighted by molar-refractivity contribution is 7.98. The lowest BCUT2D eigenvalue weighted by Crippen LogP contribution is -2.43. The maximum atomic E-state index is 12.6. The van der Waals surface area contributed by atoms with E-state index in [-0.39, 0.29) is 12.5 Å². The van der Waals surface area contributed by atoms with Crippen LogP contribution in [0.4, 0.5) is 5.00 Å². The van der Waals surface area contributed by atoms with Crippen LogP contribution in [0.1, 0.15) is 50.9 Å². The van der Waals surface area contributed by atoms with Gasteiger partial charge in [0.1, 0.15) is 11.0 Å². The van der Waals surface area contributed by atoms with Gasteiger partial charge in [-0.3, -0.25) is 9.59 Å². The van der Waals surface area contributed by atoms with Crippen LogP contribution in [0, 0.1) is 0 Å². The first kappa shape index (κ1) is 25.8. The van der Waals surface area contributed by atoms with Crippen LogP contribution in [0.2, 0.25) is 0 Å². The van der Waals surface area contributed by atoms with Gasteiger partial charge in [-0.2, -0.15) is 11.8 Å². The second-order valence-electron chi connectivity index (χ2n) is 7.61. The Balaban J connectivity index is 1.61. The van der Waals surface area contributed by atoms with Crippen LogP contribution in [0.3, 0.4) is 0 Å². The van der Waals surface area contributed by atoms with Gasteiger partial charge in [-0.1, -0.05) is 18.2 Å². The number of anilines is 1. The zero-order chi connectivity index (χ0) is 24.5. The summed E-state index contributed by atoms with van der Waals surface area (Å²) in [5.41, 5.74) is 1.75. The number of thioether (sulfide) groups is 1. The largest absolute Gasteiger partial charge is 0.462 e. The van der Waals surface area contributed by atoms with Crippen molar-refractivity contribution in [1.29, 1.82) is 0 Å². The molecule has 0 saturated heterocycles. The first-order valence-electron chi connectivity index (χ1n) is 11.1. The molecule has 1 aliphatic carbocycles. The van der Waals surface area contributed by atoms with Crippen LogP contribution in [-0.4, -0.2) is 55.0 Å². The third kappa shape index (κ3) is 6.60. The van der Waals surface area contributed by atoms with Crippen molar-refractivity contribution in [2.24, 2.45) is 0 Å². The van der Waals surface area contributed by atoms with E-state index in [1.165, 1.54) is 23.1 Å². The molecule has 34 heavy (non-hydrogen) atoms. The SMILES string of the molecule is CCOC(=O)c1c(NC(=O)COC(=O)[C@H](CCSC)NC(=O)c2ccccc2)sc2c1CCC2. The molecule has 0 radical (unpaired) electrons. The number of hydrogen-bond acceptors (Lipinski definition) is 8. The van der Waals surface area contributed by atoms with Crippen molar-refractivity contribution in [3.63, 3.8) is 0 Å². The summed E-state index contributed by atoms with van der Waals surface area (Å²) in [6.07, 6.45) is 4.85. The lowest BCUT2D eigenvalue weighted by atomic mass is 10.1. The van der Waals surface area contributed by atoms with Gasteiger partial charge in [0.05, 0.1) is 12.2 Å². The predicted molar refractivity (Wildman–Crippen MR) is 133 cm³/mol. The van der Waals surface area contributed by atoms with Gasteiger partial charge < -0.3 is 20.1 Å². The van der Waals surface area contributed by atoms with Crippen LogP contribution in [0.5, 0.6) is 0 Å². The van der Waals surface area contributed by atoms with Crippen molar-refractivity contribution >= 4 is 51.9 Å². The molecule has 0 aliphatic heterocycles. The fraction of sp³-hybridized carbons (Fsp3) is 0.417. The number of nitrogens with one attached hydrogen (secondary N) is 2. The summed E-state index contributed by atoms with van der Waals surface area (Å²) in [5.74, 6) is -1.47. The molecule has 1 aromatic heterocycles. The van der Waals surface area contributed by atoms with Gasteiger partial charge in [-0.25, -0.2) is 9.59 Å². The second-order valence-corrected chi connectivity index (χ2v) is 9.70. The minimum absolute atomic E-state index is 0.237. The van der Waals surface area contributed by atoms with E-state index in [9.17, 15) is 19.2 Å². The van der Waals surface area contributed by atoms with Crippen molar-refractivity contribution in [1.82, 2.24) is 5.32 Å². The molecule has 0 bridgehead atoms. The summed E-state index contributed by atoms with van der Waals surface area (Å²) < 4.78 is 10.4. The fourth-order valence-electron chi connectivity index (χ4n) is 3.63. The predicted octanol–water partition coefficient (Wildman–Crippen LogP) is 3.45. The summed E-state index contributed by atoms with van der Waals surface area (Å²) in [4.78, 5) is 51.2. The van der Waals surface area contributed by atoms with Crippen molar-refractivity contribution in [2.75, 3.05) is 30.5 Å². The molecule has 2 aromatic rings.